The molecule has 2 N–H and O–H groups in total. The van der Waals surface area contributed by atoms with Crippen molar-refractivity contribution < 1.29 is 14.4 Å². The molecule has 2 aromatic rings. The van der Waals surface area contributed by atoms with Gasteiger partial charge < -0.3 is 15.5 Å². The van der Waals surface area contributed by atoms with Crippen LogP contribution in [0.25, 0.3) is 0 Å². The van der Waals surface area contributed by atoms with Gasteiger partial charge in [0.1, 0.15) is 0 Å². The summed E-state index contributed by atoms with van der Waals surface area (Å²) in [5, 5.41) is 5.73. The van der Waals surface area contributed by atoms with E-state index in [9.17, 15) is 14.4 Å². The van der Waals surface area contributed by atoms with Crippen molar-refractivity contribution in [3.05, 3.63) is 59.7 Å². The van der Waals surface area contributed by atoms with E-state index in [2.05, 4.69) is 24.5 Å². The normalized spacial score (nSPS) is 15.9. The number of nitrogens with one attached hydrogen (secondary N) is 2. The minimum absolute atomic E-state index is 0.0441. The Bertz CT molecular complexity index is 891. The number of amides is 3. The molecule has 2 aromatic carbocycles. The molecule has 0 saturated carbocycles. The van der Waals surface area contributed by atoms with Crippen molar-refractivity contribution >= 4 is 29.1 Å². The highest BCUT2D eigenvalue weighted by Gasteiger charge is 2.33. The summed E-state index contributed by atoms with van der Waals surface area (Å²) >= 11 is 0. The van der Waals surface area contributed by atoms with Crippen molar-refractivity contribution in [2.45, 2.75) is 39.5 Å². The van der Waals surface area contributed by atoms with Gasteiger partial charge in [-0.15, -0.1) is 0 Å². The lowest BCUT2D eigenvalue weighted by Gasteiger charge is -2.16. The molecule has 1 aliphatic rings. The van der Waals surface area contributed by atoms with E-state index < -0.39 is 0 Å². The third-order valence-electron chi connectivity index (χ3n) is 5.40. The van der Waals surface area contributed by atoms with Gasteiger partial charge in [-0.25, -0.2) is 0 Å². The summed E-state index contributed by atoms with van der Waals surface area (Å²) in [6, 6.07) is 14.5. The van der Waals surface area contributed by atoms with Crippen molar-refractivity contribution in [3.63, 3.8) is 0 Å². The van der Waals surface area contributed by atoms with E-state index in [1.54, 1.807) is 29.2 Å². The lowest BCUT2D eigenvalue weighted by atomic mass is 10.1. The maximum atomic E-state index is 12.5. The molecule has 0 aliphatic carbocycles. The zero-order valence-corrected chi connectivity index (χ0v) is 17.6. The summed E-state index contributed by atoms with van der Waals surface area (Å²) in [6.45, 7) is 5.35. The summed E-state index contributed by atoms with van der Waals surface area (Å²) in [5.74, 6) is -0.647. The Morgan fingerprint density at radius 3 is 2.23 bits per heavy atom. The maximum absolute atomic E-state index is 12.5. The number of likely N-dealkylation sites (tertiary alicyclic amines) is 1. The third kappa shape index (κ3) is 5.47. The first-order valence-corrected chi connectivity index (χ1v) is 10.6. The lowest BCUT2D eigenvalue weighted by Crippen LogP contribution is -2.29. The van der Waals surface area contributed by atoms with E-state index in [4.69, 9.17) is 0 Å². The molecule has 3 amide bonds. The van der Waals surface area contributed by atoms with Crippen LogP contribution in [-0.4, -0.2) is 35.7 Å². The van der Waals surface area contributed by atoms with Crippen LogP contribution in [0.2, 0.25) is 0 Å². The second-order valence-corrected chi connectivity index (χ2v) is 7.67. The lowest BCUT2D eigenvalue weighted by molar-refractivity contribution is -0.128. The number of carbonyl (C=O) groups excluding carboxylic acids is 3. The van der Waals surface area contributed by atoms with E-state index in [0.29, 0.717) is 24.3 Å². The Labute approximate surface area is 177 Å². The van der Waals surface area contributed by atoms with Crippen LogP contribution in [0.15, 0.2) is 48.5 Å². The number of carbonyl (C=O) groups is 3. The number of anilines is 2. The van der Waals surface area contributed by atoms with Crippen LogP contribution in [-0.2, 0) is 16.0 Å². The zero-order chi connectivity index (χ0) is 21.5. The second kappa shape index (κ2) is 10.1. The van der Waals surface area contributed by atoms with Crippen LogP contribution in [0.1, 0.15) is 49.0 Å². The van der Waals surface area contributed by atoms with E-state index in [-0.39, 0.29) is 30.1 Å². The van der Waals surface area contributed by atoms with Gasteiger partial charge in [-0.3, -0.25) is 14.4 Å². The first kappa shape index (κ1) is 21.6. The summed E-state index contributed by atoms with van der Waals surface area (Å²) in [4.78, 5) is 38.8. The molecule has 0 aromatic heterocycles. The molecule has 1 atom stereocenters. The van der Waals surface area contributed by atoms with Gasteiger partial charge in [0.15, 0.2) is 0 Å². The van der Waals surface area contributed by atoms with Crippen LogP contribution >= 0.6 is 0 Å². The minimum Gasteiger partial charge on any atom is -0.342 e. The fourth-order valence-corrected chi connectivity index (χ4v) is 3.49. The standard InChI is InChI=1S/C24H29N3O3/c1-3-5-14-27-16-19(15-22(27)28)24(30)26-21-12-8-18(9-13-21)23(29)25-20-10-6-17(4-2)7-11-20/h6-13,19H,3-5,14-16H2,1-2H3,(H,25,29)(H,26,30)/t19-/m1/s1. The molecule has 6 heteroatoms. The van der Waals surface area contributed by atoms with Crippen molar-refractivity contribution in [1.82, 2.24) is 4.90 Å². The molecule has 1 saturated heterocycles. The molecule has 0 radical (unpaired) electrons. The highest BCUT2D eigenvalue weighted by Crippen LogP contribution is 2.21. The summed E-state index contributed by atoms with van der Waals surface area (Å²) in [6.07, 6.45) is 3.18. The summed E-state index contributed by atoms with van der Waals surface area (Å²) in [5.41, 5.74) is 3.08. The number of nitrogens with zero attached hydrogens (tertiary/aromatic N) is 1. The molecule has 1 fully saturated rings. The molecule has 1 heterocycles. The van der Waals surface area contributed by atoms with Gasteiger partial charge in [-0.1, -0.05) is 32.4 Å². The van der Waals surface area contributed by atoms with Crippen LogP contribution in [0, 0.1) is 5.92 Å². The molecule has 30 heavy (non-hydrogen) atoms. The fourth-order valence-electron chi connectivity index (χ4n) is 3.49. The third-order valence-corrected chi connectivity index (χ3v) is 5.40. The van der Waals surface area contributed by atoms with Gasteiger partial charge in [0.25, 0.3) is 5.91 Å². The number of hydrogen-bond donors (Lipinski definition) is 2. The molecule has 6 nitrogen and oxygen atoms in total. The largest absolute Gasteiger partial charge is 0.342 e. The van der Waals surface area contributed by atoms with Gasteiger partial charge in [-0.2, -0.15) is 0 Å². The minimum atomic E-state index is -0.330. The Morgan fingerprint density at radius 2 is 1.60 bits per heavy atom. The van der Waals surface area contributed by atoms with E-state index in [0.717, 1.165) is 24.9 Å². The predicted octanol–water partition coefficient (Wildman–Crippen LogP) is 4.09. The quantitative estimate of drug-likeness (QED) is 0.692. The Hall–Kier alpha value is -3.15. The molecule has 0 spiro atoms. The maximum Gasteiger partial charge on any atom is 0.255 e. The van der Waals surface area contributed by atoms with Crippen LogP contribution in [0.3, 0.4) is 0 Å². The molecule has 1 aliphatic heterocycles. The van der Waals surface area contributed by atoms with Crippen molar-refractivity contribution in [1.29, 1.82) is 0 Å². The van der Waals surface area contributed by atoms with Crippen molar-refractivity contribution in [2.24, 2.45) is 5.92 Å². The molecular formula is C24H29N3O3. The monoisotopic (exact) mass is 407 g/mol. The van der Waals surface area contributed by atoms with Gasteiger partial charge in [0.2, 0.25) is 11.8 Å². The Balaban J connectivity index is 1.54. The van der Waals surface area contributed by atoms with Gasteiger partial charge in [-0.05, 0) is 54.8 Å². The first-order valence-electron chi connectivity index (χ1n) is 10.6. The SMILES string of the molecule is CCCCN1C[C@H](C(=O)Nc2ccc(C(=O)Nc3ccc(CC)cc3)cc2)CC1=O. The number of unbranched alkanes of at least 4 members (excludes halogenated alkanes) is 1. The highest BCUT2D eigenvalue weighted by atomic mass is 16.2. The van der Waals surface area contributed by atoms with Crippen molar-refractivity contribution in [3.8, 4) is 0 Å². The molecule has 0 unspecified atom stereocenters. The van der Waals surface area contributed by atoms with Crippen LogP contribution < -0.4 is 10.6 Å². The number of aryl methyl sites for hydroxylation is 1. The average molecular weight is 408 g/mol. The Morgan fingerprint density at radius 1 is 0.967 bits per heavy atom. The average Bonchev–Trinajstić information content (AvgIpc) is 3.14. The van der Waals surface area contributed by atoms with Gasteiger partial charge >= 0.3 is 0 Å². The molecule has 3 rings (SSSR count). The second-order valence-electron chi connectivity index (χ2n) is 7.67. The van der Waals surface area contributed by atoms with Crippen LogP contribution in [0.5, 0.6) is 0 Å². The molecular weight excluding hydrogens is 378 g/mol. The van der Waals surface area contributed by atoms with E-state index in [1.165, 1.54) is 5.56 Å². The molecule has 158 valence electrons. The smallest absolute Gasteiger partial charge is 0.255 e. The van der Waals surface area contributed by atoms with E-state index in [1.807, 2.05) is 24.3 Å². The summed E-state index contributed by atoms with van der Waals surface area (Å²) < 4.78 is 0. The Kier molecular flexibility index (Phi) is 7.22. The van der Waals surface area contributed by atoms with E-state index >= 15 is 0 Å². The number of rotatable bonds is 8. The predicted molar refractivity (Wildman–Crippen MR) is 118 cm³/mol. The summed E-state index contributed by atoms with van der Waals surface area (Å²) in [7, 11) is 0. The number of hydrogen-bond acceptors (Lipinski definition) is 3. The number of benzene rings is 2. The van der Waals surface area contributed by atoms with Crippen LogP contribution in [0.4, 0.5) is 11.4 Å². The van der Waals surface area contributed by atoms with Gasteiger partial charge in [0.05, 0.1) is 5.92 Å². The topological polar surface area (TPSA) is 78.5 Å². The fraction of sp³-hybridized carbons (Fsp3) is 0.375. The molecule has 0 bridgehead atoms. The van der Waals surface area contributed by atoms with Gasteiger partial charge in [0, 0.05) is 36.4 Å². The highest BCUT2D eigenvalue weighted by molar-refractivity contribution is 6.04. The zero-order valence-electron chi connectivity index (χ0n) is 17.6. The first-order chi connectivity index (χ1) is 14.5. The van der Waals surface area contributed by atoms with Crippen molar-refractivity contribution in [2.75, 3.05) is 23.7 Å².